The Morgan fingerprint density at radius 2 is 2.00 bits per heavy atom. The van der Waals surface area contributed by atoms with E-state index in [0.717, 1.165) is 29.6 Å². The molecule has 0 spiro atoms. The molecular formula is C14H21N3O. The van der Waals surface area contributed by atoms with Crippen LogP contribution in [0.3, 0.4) is 0 Å². The van der Waals surface area contributed by atoms with E-state index in [-0.39, 0.29) is 0 Å². The third-order valence-corrected chi connectivity index (χ3v) is 3.74. The molecule has 4 nitrogen and oxygen atoms in total. The van der Waals surface area contributed by atoms with Crippen molar-refractivity contribution in [3.8, 4) is 5.88 Å². The Bertz CT molecular complexity index is 439. The van der Waals surface area contributed by atoms with E-state index in [9.17, 15) is 0 Å². The fourth-order valence-electron chi connectivity index (χ4n) is 2.14. The Kier molecular flexibility index (Phi) is 3.10. The van der Waals surface area contributed by atoms with Crippen LogP contribution in [0.15, 0.2) is 0 Å². The Balaban J connectivity index is 1.88. The summed E-state index contributed by atoms with van der Waals surface area (Å²) in [6, 6.07) is 0. The highest BCUT2D eigenvalue weighted by molar-refractivity contribution is 5.49. The first kappa shape index (κ1) is 11.8. The normalized spacial score (nSPS) is 19.4. The number of ether oxygens (including phenoxy) is 1. The molecule has 1 heterocycles. The minimum Gasteiger partial charge on any atom is -0.474 e. The predicted octanol–water partition coefficient (Wildman–Crippen LogP) is 3.03. The molecule has 0 aromatic carbocycles. The largest absolute Gasteiger partial charge is 0.474 e. The van der Waals surface area contributed by atoms with Gasteiger partial charge in [-0.05, 0) is 46.0 Å². The molecule has 1 aromatic heterocycles. The summed E-state index contributed by atoms with van der Waals surface area (Å²) in [6.07, 6.45) is 6.43. The van der Waals surface area contributed by atoms with E-state index in [1.54, 1.807) is 0 Å². The fraction of sp³-hybridized carbons (Fsp3) is 0.714. The lowest BCUT2D eigenvalue weighted by Crippen LogP contribution is -2.26. The standard InChI is InChI=1S/C14H21N3O/c1-3-15-12-9(2)14(18-11-5-4-6-11)17-13(16-12)10-7-8-10/h10-11H,3-8H2,1-2H3,(H,15,16,17). The molecular weight excluding hydrogens is 226 g/mol. The molecule has 1 aromatic rings. The van der Waals surface area contributed by atoms with Crippen molar-refractivity contribution in [3.05, 3.63) is 11.4 Å². The fourth-order valence-corrected chi connectivity index (χ4v) is 2.14. The first-order valence-electron chi connectivity index (χ1n) is 7.07. The van der Waals surface area contributed by atoms with Gasteiger partial charge in [0.1, 0.15) is 17.7 Å². The van der Waals surface area contributed by atoms with Gasteiger partial charge in [0, 0.05) is 12.5 Å². The SMILES string of the molecule is CCNc1nc(C2CC2)nc(OC2CCC2)c1C. The van der Waals surface area contributed by atoms with Gasteiger partial charge in [-0.2, -0.15) is 4.98 Å². The van der Waals surface area contributed by atoms with Gasteiger partial charge in [0.25, 0.3) is 0 Å². The number of anilines is 1. The second-order valence-electron chi connectivity index (χ2n) is 5.34. The van der Waals surface area contributed by atoms with E-state index in [4.69, 9.17) is 4.74 Å². The Morgan fingerprint density at radius 3 is 2.56 bits per heavy atom. The van der Waals surface area contributed by atoms with Crippen LogP contribution in [0, 0.1) is 6.92 Å². The van der Waals surface area contributed by atoms with Crippen molar-refractivity contribution in [2.24, 2.45) is 0 Å². The quantitative estimate of drug-likeness (QED) is 0.868. The van der Waals surface area contributed by atoms with Crippen LogP contribution in [0.2, 0.25) is 0 Å². The molecule has 18 heavy (non-hydrogen) atoms. The van der Waals surface area contributed by atoms with E-state index >= 15 is 0 Å². The van der Waals surface area contributed by atoms with Crippen molar-refractivity contribution in [1.82, 2.24) is 9.97 Å². The zero-order valence-electron chi connectivity index (χ0n) is 11.2. The van der Waals surface area contributed by atoms with E-state index < -0.39 is 0 Å². The molecule has 0 amide bonds. The maximum absolute atomic E-state index is 6.00. The molecule has 0 bridgehead atoms. The first-order chi connectivity index (χ1) is 8.78. The van der Waals surface area contributed by atoms with Crippen molar-refractivity contribution < 1.29 is 4.74 Å². The molecule has 0 saturated heterocycles. The summed E-state index contributed by atoms with van der Waals surface area (Å²) in [6.45, 7) is 5.01. The van der Waals surface area contributed by atoms with Crippen molar-refractivity contribution >= 4 is 5.82 Å². The smallest absolute Gasteiger partial charge is 0.222 e. The molecule has 0 radical (unpaired) electrons. The highest BCUT2D eigenvalue weighted by Crippen LogP contribution is 2.40. The molecule has 0 aliphatic heterocycles. The summed E-state index contributed by atoms with van der Waals surface area (Å²) in [5.41, 5.74) is 1.05. The van der Waals surface area contributed by atoms with Gasteiger partial charge in [0.2, 0.25) is 5.88 Å². The van der Waals surface area contributed by atoms with Crippen LogP contribution < -0.4 is 10.1 Å². The highest BCUT2D eigenvalue weighted by atomic mass is 16.5. The first-order valence-corrected chi connectivity index (χ1v) is 7.07. The van der Waals surface area contributed by atoms with Gasteiger partial charge < -0.3 is 10.1 Å². The van der Waals surface area contributed by atoms with Gasteiger partial charge in [0.15, 0.2) is 0 Å². The van der Waals surface area contributed by atoms with Gasteiger partial charge >= 0.3 is 0 Å². The summed E-state index contributed by atoms with van der Waals surface area (Å²) in [5, 5.41) is 3.32. The summed E-state index contributed by atoms with van der Waals surface area (Å²) < 4.78 is 6.00. The molecule has 98 valence electrons. The summed E-state index contributed by atoms with van der Waals surface area (Å²) >= 11 is 0. The van der Waals surface area contributed by atoms with Crippen LogP contribution in [0.4, 0.5) is 5.82 Å². The zero-order valence-corrected chi connectivity index (χ0v) is 11.2. The summed E-state index contributed by atoms with van der Waals surface area (Å²) in [7, 11) is 0. The van der Waals surface area contributed by atoms with Crippen molar-refractivity contribution in [1.29, 1.82) is 0 Å². The van der Waals surface area contributed by atoms with Crippen LogP contribution in [0.1, 0.15) is 56.3 Å². The molecule has 4 heteroatoms. The number of hydrogen-bond donors (Lipinski definition) is 1. The molecule has 0 atom stereocenters. The molecule has 1 N–H and O–H groups in total. The van der Waals surface area contributed by atoms with Crippen molar-refractivity contribution in [2.45, 2.75) is 58.0 Å². The maximum Gasteiger partial charge on any atom is 0.222 e. The van der Waals surface area contributed by atoms with Crippen LogP contribution >= 0.6 is 0 Å². The topological polar surface area (TPSA) is 47.0 Å². The van der Waals surface area contributed by atoms with Crippen LogP contribution in [0.25, 0.3) is 0 Å². The van der Waals surface area contributed by atoms with Crippen LogP contribution in [-0.2, 0) is 0 Å². The lowest BCUT2D eigenvalue weighted by molar-refractivity contribution is 0.113. The monoisotopic (exact) mass is 247 g/mol. The summed E-state index contributed by atoms with van der Waals surface area (Å²) in [4.78, 5) is 9.26. The Hall–Kier alpha value is -1.32. The molecule has 2 aliphatic rings. The molecule has 0 unspecified atom stereocenters. The Morgan fingerprint density at radius 1 is 1.22 bits per heavy atom. The predicted molar refractivity (Wildman–Crippen MR) is 71.2 cm³/mol. The average molecular weight is 247 g/mol. The second-order valence-corrected chi connectivity index (χ2v) is 5.34. The van der Waals surface area contributed by atoms with Crippen molar-refractivity contribution in [2.75, 3.05) is 11.9 Å². The number of nitrogens with zero attached hydrogens (tertiary/aromatic N) is 2. The minimum atomic E-state index is 0.375. The number of aromatic nitrogens is 2. The average Bonchev–Trinajstić information content (AvgIpc) is 3.12. The lowest BCUT2D eigenvalue weighted by Gasteiger charge is -2.27. The molecule has 3 rings (SSSR count). The van der Waals surface area contributed by atoms with Crippen LogP contribution in [0.5, 0.6) is 5.88 Å². The van der Waals surface area contributed by atoms with Gasteiger partial charge in [-0.1, -0.05) is 0 Å². The van der Waals surface area contributed by atoms with Gasteiger partial charge in [-0.25, -0.2) is 4.98 Å². The third kappa shape index (κ3) is 2.28. The molecule has 2 saturated carbocycles. The summed E-state index contributed by atoms with van der Waals surface area (Å²) in [5.74, 6) is 3.27. The number of rotatable bonds is 5. The number of hydrogen-bond acceptors (Lipinski definition) is 4. The van der Waals surface area contributed by atoms with E-state index in [1.807, 2.05) is 6.92 Å². The molecule has 2 fully saturated rings. The minimum absolute atomic E-state index is 0.375. The lowest BCUT2D eigenvalue weighted by atomic mass is 9.96. The zero-order chi connectivity index (χ0) is 12.5. The van der Waals surface area contributed by atoms with Crippen LogP contribution in [-0.4, -0.2) is 22.6 Å². The Labute approximate surface area is 108 Å². The third-order valence-electron chi connectivity index (χ3n) is 3.74. The second kappa shape index (κ2) is 4.75. The van der Waals surface area contributed by atoms with Gasteiger partial charge in [-0.3, -0.25) is 0 Å². The van der Waals surface area contributed by atoms with E-state index in [0.29, 0.717) is 12.0 Å². The van der Waals surface area contributed by atoms with Gasteiger partial charge in [-0.15, -0.1) is 0 Å². The van der Waals surface area contributed by atoms with E-state index in [2.05, 4.69) is 22.2 Å². The molecule has 2 aliphatic carbocycles. The van der Waals surface area contributed by atoms with Crippen molar-refractivity contribution in [3.63, 3.8) is 0 Å². The van der Waals surface area contributed by atoms with Gasteiger partial charge in [0.05, 0.1) is 5.56 Å². The number of nitrogens with one attached hydrogen (secondary N) is 1. The maximum atomic E-state index is 6.00. The highest BCUT2D eigenvalue weighted by Gasteiger charge is 2.29. The van der Waals surface area contributed by atoms with E-state index in [1.165, 1.54) is 32.1 Å².